The predicted molar refractivity (Wildman–Crippen MR) is 90.3 cm³/mol. The van der Waals surface area contributed by atoms with Gasteiger partial charge in [-0.3, -0.25) is 9.59 Å². The lowest BCUT2D eigenvalue weighted by atomic mass is 9.51. The standard InChI is InChI=1S/C19H27N3O3/c1-13(23)25-19-8-14-5-15(9-19)7-18(6-14,12-19)21-11-17(24)22-4-2-3-16(22)10-20/h14-16,21H,2-9,11-12H2,1H3. The minimum atomic E-state index is -0.325. The summed E-state index contributed by atoms with van der Waals surface area (Å²) in [6.07, 6.45) is 7.83. The van der Waals surface area contributed by atoms with Gasteiger partial charge in [0.1, 0.15) is 11.6 Å². The lowest BCUT2D eigenvalue weighted by molar-refractivity contribution is -0.190. The number of ether oxygens (including phenoxy) is 1. The minimum Gasteiger partial charge on any atom is -0.459 e. The predicted octanol–water partition coefficient (Wildman–Crippen LogP) is 1.75. The Morgan fingerprint density at radius 3 is 2.64 bits per heavy atom. The zero-order valence-electron chi connectivity index (χ0n) is 14.9. The number of esters is 1. The van der Waals surface area contributed by atoms with Crippen LogP contribution < -0.4 is 5.32 Å². The molecule has 4 aliphatic carbocycles. The summed E-state index contributed by atoms with van der Waals surface area (Å²) in [5, 5.41) is 12.7. The van der Waals surface area contributed by atoms with Crippen molar-refractivity contribution < 1.29 is 14.3 Å². The lowest BCUT2D eigenvalue weighted by Crippen LogP contribution is -2.66. The Labute approximate surface area is 148 Å². The molecule has 1 N–H and O–H groups in total. The third-order valence-corrected chi connectivity index (χ3v) is 6.70. The minimum absolute atomic E-state index is 0.0290. The Hall–Kier alpha value is -1.61. The maximum atomic E-state index is 12.6. The number of likely N-dealkylation sites (tertiary alicyclic amines) is 1. The molecule has 1 aliphatic heterocycles. The van der Waals surface area contributed by atoms with E-state index in [-0.39, 0.29) is 35.6 Å². The summed E-state index contributed by atoms with van der Waals surface area (Å²) < 4.78 is 5.80. The maximum absolute atomic E-state index is 12.6. The number of nitrogens with one attached hydrogen (secondary N) is 1. The molecule has 1 heterocycles. The quantitative estimate of drug-likeness (QED) is 0.785. The monoisotopic (exact) mass is 345 g/mol. The third-order valence-electron chi connectivity index (χ3n) is 6.70. The van der Waals surface area contributed by atoms with Crippen LogP contribution in [0.4, 0.5) is 0 Å². The van der Waals surface area contributed by atoms with Gasteiger partial charge in [0.25, 0.3) is 0 Å². The molecule has 5 fully saturated rings. The molecule has 1 amide bonds. The van der Waals surface area contributed by atoms with Crippen molar-refractivity contribution in [3.63, 3.8) is 0 Å². The van der Waals surface area contributed by atoms with E-state index in [1.54, 1.807) is 4.90 Å². The summed E-state index contributed by atoms with van der Waals surface area (Å²) in [7, 11) is 0. The van der Waals surface area contributed by atoms with Gasteiger partial charge in [0.2, 0.25) is 5.91 Å². The van der Waals surface area contributed by atoms with Crippen LogP contribution in [0, 0.1) is 23.2 Å². The molecule has 6 heteroatoms. The van der Waals surface area contributed by atoms with Crippen molar-refractivity contribution in [2.24, 2.45) is 11.8 Å². The highest BCUT2D eigenvalue weighted by molar-refractivity contribution is 5.79. The summed E-state index contributed by atoms with van der Waals surface area (Å²) in [5.41, 5.74) is -0.411. The van der Waals surface area contributed by atoms with Crippen molar-refractivity contribution in [2.75, 3.05) is 13.1 Å². The molecule has 136 valence electrons. The van der Waals surface area contributed by atoms with E-state index in [1.807, 2.05) is 0 Å². The highest BCUT2D eigenvalue weighted by Crippen LogP contribution is 2.58. The molecule has 0 spiro atoms. The van der Waals surface area contributed by atoms with Crippen molar-refractivity contribution in [1.82, 2.24) is 10.2 Å². The van der Waals surface area contributed by atoms with Gasteiger partial charge < -0.3 is 15.0 Å². The second kappa shape index (κ2) is 5.98. The average Bonchev–Trinajstić information content (AvgIpc) is 2.98. The molecule has 5 rings (SSSR count). The summed E-state index contributed by atoms with van der Waals surface area (Å²) >= 11 is 0. The first-order valence-corrected chi connectivity index (χ1v) is 9.56. The summed E-state index contributed by atoms with van der Waals surface area (Å²) in [4.78, 5) is 25.9. The van der Waals surface area contributed by atoms with Crippen molar-refractivity contribution in [3.05, 3.63) is 0 Å². The average molecular weight is 345 g/mol. The largest absolute Gasteiger partial charge is 0.459 e. The topological polar surface area (TPSA) is 82.4 Å². The van der Waals surface area contributed by atoms with Crippen molar-refractivity contribution in [2.45, 2.75) is 75.5 Å². The number of amides is 1. The Bertz CT molecular complexity index is 612. The van der Waals surface area contributed by atoms with Crippen molar-refractivity contribution in [1.29, 1.82) is 5.26 Å². The normalized spacial score (nSPS) is 41.6. The zero-order chi connectivity index (χ0) is 17.7. The molecule has 5 aliphatic rings. The van der Waals surface area contributed by atoms with Gasteiger partial charge in [0.15, 0.2) is 0 Å². The van der Waals surface area contributed by atoms with Crippen LogP contribution in [0.1, 0.15) is 58.3 Å². The molecule has 0 aromatic carbocycles. The molecule has 0 aromatic heterocycles. The van der Waals surface area contributed by atoms with E-state index in [0.29, 0.717) is 18.4 Å². The van der Waals surface area contributed by atoms with Gasteiger partial charge in [-0.2, -0.15) is 5.26 Å². The van der Waals surface area contributed by atoms with Crippen LogP contribution >= 0.6 is 0 Å². The number of hydrogen-bond donors (Lipinski definition) is 1. The van der Waals surface area contributed by atoms with Crippen molar-refractivity contribution in [3.8, 4) is 6.07 Å². The second-order valence-electron chi connectivity index (χ2n) is 8.75. The van der Waals surface area contributed by atoms with Crippen molar-refractivity contribution >= 4 is 11.9 Å². The van der Waals surface area contributed by atoms with Crippen LogP contribution in [0.25, 0.3) is 0 Å². The Kier molecular flexibility index (Phi) is 4.03. The third kappa shape index (κ3) is 3.03. The molecule has 3 atom stereocenters. The number of rotatable bonds is 4. The fourth-order valence-corrected chi connectivity index (χ4v) is 6.37. The van der Waals surface area contributed by atoms with Gasteiger partial charge in [-0.1, -0.05) is 0 Å². The van der Waals surface area contributed by atoms with E-state index < -0.39 is 0 Å². The van der Waals surface area contributed by atoms with Crippen LogP contribution in [0.5, 0.6) is 0 Å². The number of hydrogen-bond acceptors (Lipinski definition) is 5. The van der Waals surface area contributed by atoms with Gasteiger partial charge in [0, 0.05) is 25.4 Å². The van der Waals surface area contributed by atoms with Crippen LogP contribution in [-0.4, -0.2) is 47.0 Å². The number of carbonyl (C=O) groups excluding carboxylic acids is 2. The highest BCUT2D eigenvalue weighted by Gasteiger charge is 2.59. The van der Waals surface area contributed by atoms with Gasteiger partial charge in [0.05, 0.1) is 12.6 Å². The van der Waals surface area contributed by atoms with E-state index in [0.717, 1.165) is 44.9 Å². The first-order chi connectivity index (χ1) is 11.9. The van der Waals surface area contributed by atoms with E-state index >= 15 is 0 Å². The molecule has 25 heavy (non-hydrogen) atoms. The van der Waals surface area contributed by atoms with Crippen LogP contribution in [0.15, 0.2) is 0 Å². The van der Waals surface area contributed by atoms with Crippen LogP contribution in [0.2, 0.25) is 0 Å². The summed E-state index contributed by atoms with van der Waals surface area (Å²) in [6, 6.07) is 1.97. The molecule has 1 saturated heterocycles. The molecule has 4 bridgehead atoms. The molecular weight excluding hydrogens is 318 g/mol. The van der Waals surface area contributed by atoms with Gasteiger partial charge in [-0.05, 0) is 56.8 Å². The Morgan fingerprint density at radius 1 is 1.28 bits per heavy atom. The first-order valence-electron chi connectivity index (χ1n) is 9.56. The number of nitrogens with zero attached hydrogens (tertiary/aromatic N) is 2. The highest BCUT2D eigenvalue weighted by atomic mass is 16.6. The van der Waals surface area contributed by atoms with Crippen LogP contribution in [-0.2, 0) is 14.3 Å². The molecule has 0 radical (unpaired) electrons. The zero-order valence-corrected chi connectivity index (χ0v) is 14.9. The summed E-state index contributed by atoms with van der Waals surface area (Å²) in [6.45, 7) is 2.47. The van der Waals surface area contributed by atoms with Gasteiger partial charge in [-0.15, -0.1) is 0 Å². The number of carbonyl (C=O) groups is 2. The summed E-state index contributed by atoms with van der Waals surface area (Å²) in [5.74, 6) is 1.01. The second-order valence-corrected chi connectivity index (χ2v) is 8.75. The molecule has 4 saturated carbocycles. The Morgan fingerprint density at radius 2 is 2.00 bits per heavy atom. The van der Waals surface area contributed by atoms with E-state index in [2.05, 4.69) is 11.4 Å². The molecule has 3 unspecified atom stereocenters. The maximum Gasteiger partial charge on any atom is 0.303 e. The van der Waals surface area contributed by atoms with E-state index in [1.165, 1.54) is 13.3 Å². The fourth-order valence-electron chi connectivity index (χ4n) is 6.37. The SMILES string of the molecule is CC(=O)OC12CC3CC(CC(NCC(=O)N4CCCC4C#N)(C3)C1)C2. The lowest BCUT2D eigenvalue weighted by Gasteiger charge is -2.61. The van der Waals surface area contributed by atoms with Crippen LogP contribution in [0.3, 0.4) is 0 Å². The van der Waals surface area contributed by atoms with Gasteiger partial charge >= 0.3 is 5.97 Å². The molecular formula is C19H27N3O3. The number of nitriles is 1. The Balaban J connectivity index is 1.44. The van der Waals surface area contributed by atoms with Gasteiger partial charge in [-0.25, -0.2) is 0 Å². The first kappa shape index (κ1) is 16.8. The fraction of sp³-hybridized carbons (Fsp3) is 0.842. The van der Waals surface area contributed by atoms with E-state index in [9.17, 15) is 14.9 Å². The van der Waals surface area contributed by atoms with E-state index in [4.69, 9.17) is 4.74 Å². The smallest absolute Gasteiger partial charge is 0.303 e. The molecule has 6 nitrogen and oxygen atoms in total. The molecule has 0 aromatic rings.